The third kappa shape index (κ3) is 18.8. The summed E-state index contributed by atoms with van der Waals surface area (Å²) in [6, 6.07) is -4.09. The summed E-state index contributed by atoms with van der Waals surface area (Å²) in [6.07, 6.45) is -3.00. The van der Waals surface area contributed by atoms with Gasteiger partial charge in [0.05, 0.1) is 26.2 Å². The summed E-state index contributed by atoms with van der Waals surface area (Å²) in [7, 11) is 6.67. The summed E-state index contributed by atoms with van der Waals surface area (Å²) in [4.78, 5) is 157. The van der Waals surface area contributed by atoms with E-state index >= 15 is 0 Å². The van der Waals surface area contributed by atoms with Crippen molar-refractivity contribution in [2.45, 2.75) is 176 Å². The topological polar surface area (TPSA) is 342 Å². The number of likely N-dealkylation sites (tertiary alicyclic amines) is 1. The Morgan fingerprint density at radius 1 is 0.634 bits per heavy atom. The Morgan fingerprint density at radius 3 is 1.65 bits per heavy atom. The van der Waals surface area contributed by atoms with Crippen molar-refractivity contribution in [2.24, 2.45) is 35.5 Å². The van der Waals surface area contributed by atoms with Crippen LogP contribution in [0.3, 0.4) is 0 Å². The fourth-order valence-electron chi connectivity index (χ4n) is 9.93. The van der Waals surface area contributed by atoms with E-state index in [2.05, 4.69) is 21.3 Å². The van der Waals surface area contributed by atoms with E-state index in [0.717, 1.165) is 24.5 Å². The smallest absolute Gasteiger partial charge is 0.326 e. The van der Waals surface area contributed by atoms with Crippen LogP contribution in [-0.2, 0) is 59.2 Å². The number of carboxylic acids is 2. The molecular weight excluding hydrogens is 1070 g/mol. The molecule has 8 N–H and O–H groups in total. The SMILES string of the molecule is CC[C@H](C)[C@@H](C(=O)NCC(=O)N(C)[C@H](C(=O)N[C@@H](Cc1ccc(OC)cc1)C(=O)O)C(C)C)N(C)C(=O)[C@H]([C@@H](C)CC)N(C)C(=O)[C@H](CC(=O)O)N(C)C(=O)[C@@H](NC(=O)[C@@H](NC(=O)[C@@H]1C[C@@H](O)CN1C(=O)[C@@H](O)C(C)C)C(C)C)C(C)C. The van der Waals surface area contributed by atoms with Crippen molar-refractivity contribution >= 4 is 65.1 Å². The number of aliphatic carboxylic acids is 2. The second-order valence-electron chi connectivity index (χ2n) is 23.0. The molecule has 1 fully saturated rings. The molecule has 1 aromatic rings. The molecule has 25 nitrogen and oxygen atoms in total. The molecule has 0 bridgehead atoms. The van der Waals surface area contributed by atoms with Gasteiger partial charge in [-0.25, -0.2) is 4.79 Å². The Labute approximate surface area is 482 Å². The first-order chi connectivity index (χ1) is 38.1. The number of carboxylic acid groups (broad SMARTS) is 2. The van der Waals surface area contributed by atoms with Gasteiger partial charge in [-0.1, -0.05) is 108 Å². The van der Waals surface area contributed by atoms with Crippen molar-refractivity contribution in [3.8, 4) is 5.75 Å². The van der Waals surface area contributed by atoms with Gasteiger partial charge in [0.2, 0.25) is 47.3 Å². The number of nitrogens with one attached hydrogen (secondary N) is 4. The standard InChI is InChI=1S/C57H93N9O16/c1-18-33(11)46(51(74)58-27-41(68)63(14)45(31(7)8)52(75)59-38(57(80)81)24-35-20-22-37(82-17)23-21-35)64(15)55(78)47(34(12)19-2)65(16)53(76)40(26-42(69)70)62(13)54(77)44(30(5)6)61-50(73)43(29(3)4)60-49(72)39-25-36(67)28-66(39)56(79)48(71)32(9)10/h20-23,29-34,36,38-40,43-48,67,71H,18-19,24-28H2,1-17H3,(H,58,74)(H,59,75)(H,60,72)(H,61,73)(H,69,70)(H,80,81)/t33-,34-,36+,38-,39-,40-,43-,44-,45-,46-,47-,48-/m0/s1. The van der Waals surface area contributed by atoms with Crippen molar-refractivity contribution < 1.29 is 77.9 Å². The molecule has 0 aliphatic carbocycles. The van der Waals surface area contributed by atoms with Gasteiger partial charge in [-0.15, -0.1) is 0 Å². The molecule has 0 radical (unpaired) electrons. The zero-order chi connectivity index (χ0) is 62.9. The maximum Gasteiger partial charge on any atom is 0.326 e. The van der Waals surface area contributed by atoms with Gasteiger partial charge in [-0.05, 0) is 53.2 Å². The lowest BCUT2D eigenvalue weighted by Crippen LogP contribution is -2.62. The number of nitrogens with zero attached hydrogens (tertiary/aromatic N) is 5. The van der Waals surface area contributed by atoms with Gasteiger partial charge >= 0.3 is 11.9 Å². The zero-order valence-corrected chi connectivity index (χ0v) is 50.9. The molecule has 0 saturated carbocycles. The second-order valence-corrected chi connectivity index (χ2v) is 23.0. The van der Waals surface area contributed by atoms with Gasteiger partial charge < -0.3 is 70.9 Å². The molecule has 12 atom stereocenters. The van der Waals surface area contributed by atoms with Gasteiger partial charge in [-0.3, -0.25) is 47.9 Å². The number of carbonyl (C=O) groups excluding carboxylic acids is 9. The summed E-state index contributed by atoms with van der Waals surface area (Å²) in [5.41, 5.74) is 0.609. The van der Waals surface area contributed by atoms with Crippen LogP contribution in [0.25, 0.3) is 0 Å². The first-order valence-corrected chi connectivity index (χ1v) is 28.1. The highest BCUT2D eigenvalue weighted by atomic mass is 16.5. The Bertz CT molecular complexity index is 2400. The van der Waals surface area contributed by atoms with Crippen molar-refractivity contribution in [1.29, 1.82) is 0 Å². The predicted molar refractivity (Wildman–Crippen MR) is 302 cm³/mol. The van der Waals surface area contributed by atoms with Crippen molar-refractivity contribution in [2.75, 3.05) is 48.4 Å². The van der Waals surface area contributed by atoms with Crippen LogP contribution < -0.4 is 26.0 Å². The molecule has 25 heteroatoms. The number of ether oxygens (including phenoxy) is 1. The molecule has 0 aromatic heterocycles. The fraction of sp³-hybridized carbons (Fsp3) is 0.702. The van der Waals surface area contributed by atoms with Crippen LogP contribution in [0, 0.1) is 35.5 Å². The highest BCUT2D eigenvalue weighted by Crippen LogP contribution is 2.25. The van der Waals surface area contributed by atoms with E-state index in [-0.39, 0.29) is 19.4 Å². The summed E-state index contributed by atoms with van der Waals surface area (Å²) in [5.74, 6) is -12.8. The highest BCUT2D eigenvalue weighted by Gasteiger charge is 2.46. The molecule has 9 amide bonds. The minimum absolute atomic E-state index is 0.0629. The van der Waals surface area contributed by atoms with Crippen LogP contribution in [-0.4, -0.2) is 219 Å². The van der Waals surface area contributed by atoms with Crippen LogP contribution in [0.1, 0.15) is 114 Å². The Balaban J connectivity index is 2.40. The Kier molecular flexibility index (Phi) is 27.9. The van der Waals surface area contributed by atoms with Crippen LogP contribution >= 0.6 is 0 Å². The van der Waals surface area contributed by atoms with Crippen molar-refractivity contribution in [3.05, 3.63) is 29.8 Å². The first-order valence-electron chi connectivity index (χ1n) is 28.1. The van der Waals surface area contributed by atoms with E-state index in [1.165, 1.54) is 35.3 Å². The minimum atomic E-state index is -1.74. The fourth-order valence-corrected chi connectivity index (χ4v) is 9.93. The highest BCUT2D eigenvalue weighted by molar-refractivity contribution is 5.99. The monoisotopic (exact) mass is 1160 g/mol. The number of benzene rings is 1. The lowest BCUT2D eigenvalue weighted by Gasteiger charge is -2.40. The van der Waals surface area contributed by atoms with Crippen molar-refractivity contribution in [1.82, 2.24) is 45.8 Å². The molecule has 82 heavy (non-hydrogen) atoms. The summed E-state index contributed by atoms with van der Waals surface area (Å²) < 4.78 is 5.17. The number of hydrogen-bond acceptors (Lipinski definition) is 14. The lowest BCUT2D eigenvalue weighted by molar-refractivity contribution is -0.156. The van der Waals surface area contributed by atoms with E-state index in [9.17, 15) is 73.2 Å². The van der Waals surface area contributed by atoms with Gasteiger partial charge in [0.25, 0.3) is 5.91 Å². The van der Waals surface area contributed by atoms with Crippen molar-refractivity contribution in [3.63, 3.8) is 0 Å². The van der Waals surface area contributed by atoms with Crippen LogP contribution in [0.4, 0.5) is 0 Å². The number of rotatable bonds is 31. The minimum Gasteiger partial charge on any atom is -0.497 e. The molecule has 0 spiro atoms. The number of methoxy groups -OCH3 is 1. The van der Waals surface area contributed by atoms with Crippen LogP contribution in [0.5, 0.6) is 5.75 Å². The van der Waals surface area contributed by atoms with E-state index in [4.69, 9.17) is 4.74 Å². The van der Waals surface area contributed by atoms with Gasteiger partial charge in [0.1, 0.15) is 60.2 Å². The lowest BCUT2D eigenvalue weighted by atomic mass is 9.92. The number of aliphatic hydroxyl groups is 2. The normalized spacial score (nSPS) is 17.9. The summed E-state index contributed by atoms with van der Waals surface area (Å²) in [5, 5.41) is 51.5. The molecule has 0 unspecified atom stereocenters. The molecule has 1 aromatic carbocycles. The molecule has 2 rings (SSSR count). The maximum absolute atomic E-state index is 14.9. The number of likely N-dealkylation sites (N-methyl/N-ethyl adjacent to an activating group) is 4. The third-order valence-corrected chi connectivity index (χ3v) is 15.5. The quantitative estimate of drug-likeness (QED) is 0.0508. The van der Waals surface area contributed by atoms with Gasteiger partial charge in [0, 0.05) is 47.6 Å². The zero-order valence-electron chi connectivity index (χ0n) is 50.9. The number of hydrogen-bond donors (Lipinski definition) is 8. The average molecular weight is 1160 g/mol. The molecule has 1 aliphatic heterocycles. The molecule has 1 aliphatic rings. The molecule has 462 valence electrons. The Hall–Kier alpha value is -6.89. The van der Waals surface area contributed by atoms with E-state index in [0.29, 0.717) is 24.2 Å². The number of β-amino-alcohol motifs (C(OH)–C–C–N with tert-alkyl or cyclic N) is 1. The molecule has 1 saturated heterocycles. The second kappa shape index (κ2) is 32.1. The molecule has 1 heterocycles. The van der Waals surface area contributed by atoms with Crippen LogP contribution in [0.2, 0.25) is 0 Å². The van der Waals surface area contributed by atoms with Gasteiger partial charge in [0.15, 0.2) is 0 Å². The first kappa shape index (κ1) is 71.2. The number of aliphatic hydroxyl groups excluding tert-OH is 2. The maximum atomic E-state index is 14.9. The van der Waals surface area contributed by atoms with E-state index in [1.807, 2.05) is 0 Å². The third-order valence-electron chi connectivity index (χ3n) is 15.5. The number of amides is 9. The van der Waals surface area contributed by atoms with E-state index < -0.39 is 174 Å². The summed E-state index contributed by atoms with van der Waals surface area (Å²) in [6.45, 7) is 19.1. The Morgan fingerprint density at radius 2 is 1.17 bits per heavy atom. The largest absolute Gasteiger partial charge is 0.497 e. The van der Waals surface area contributed by atoms with E-state index in [1.54, 1.807) is 107 Å². The van der Waals surface area contributed by atoms with Gasteiger partial charge in [-0.2, -0.15) is 0 Å². The average Bonchev–Trinajstić information content (AvgIpc) is 4.01. The predicted octanol–water partition coefficient (Wildman–Crippen LogP) is 0.715. The molecular formula is C57H93N9O16. The number of carbonyl (C=O) groups is 11. The summed E-state index contributed by atoms with van der Waals surface area (Å²) >= 11 is 0. The van der Waals surface area contributed by atoms with Crippen LogP contribution in [0.15, 0.2) is 24.3 Å².